The Morgan fingerprint density at radius 2 is 1.79 bits per heavy atom. The molecule has 2 rings (SSSR count). The zero-order chi connectivity index (χ0) is 14.0. The molecule has 0 atom stereocenters. The monoisotopic (exact) mass is 388 g/mol. The van der Waals surface area contributed by atoms with Crippen LogP contribution in [0.5, 0.6) is 5.75 Å². The lowest BCUT2D eigenvalue weighted by Crippen LogP contribution is -2.03. The van der Waals surface area contributed by atoms with E-state index >= 15 is 0 Å². The number of phenols is 1. The minimum Gasteiger partial charge on any atom is -0.507 e. The summed E-state index contributed by atoms with van der Waals surface area (Å²) in [6.07, 6.45) is 0. The van der Waals surface area contributed by atoms with Crippen molar-refractivity contribution in [3.05, 3.63) is 46.0 Å². The second-order valence-corrected chi connectivity index (χ2v) is 7.54. The molecule has 0 amide bonds. The van der Waals surface area contributed by atoms with Crippen molar-refractivity contribution in [3.63, 3.8) is 0 Å². The standard InChI is InChI=1S/C14H13IO3S/c1-2-19(17,18)12-5-3-4-10(8-12)11-6-7-14(16)13(15)9-11/h3-9,16H,2H2,1H3. The van der Waals surface area contributed by atoms with Crippen molar-refractivity contribution < 1.29 is 13.5 Å². The highest BCUT2D eigenvalue weighted by Gasteiger charge is 2.12. The molecule has 19 heavy (non-hydrogen) atoms. The maximum Gasteiger partial charge on any atom is 0.178 e. The molecule has 0 fully saturated rings. The average molecular weight is 388 g/mol. The Labute approximate surface area is 126 Å². The van der Waals surface area contributed by atoms with Crippen molar-refractivity contribution in [2.75, 3.05) is 5.75 Å². The Kier molecular flexibility index (Phi) is 4.15. The lowest BCUT2D eigenvalue weighted by Gasteiger charge is -2.07. The quantitative estimate of drug-likeness (QED) is 0.820. The van der Waals surface area contributed by atoms with Crippen LogP contribution in [0.4, 0.5) is 0 Å². The Hall–Kier alpha value is -1.08. The Bertz CT molecular complexity index is 708. The number of hydrogen-bond acceptors (Lipinski definition) is 3. The molecule has 0 saturated heterocycles. The van der Waals surface area contributed by atoms with Gasteiger partial charge in [-0.3, -0.25) is 0 Å². The summed E-state index contributed by atoms with van der Waals surface area (Å²) < 4.78 is 24.5. The lowest BCUT2D eigenvalue weighted by atomic mass is 10.1. The van der Waals surface area contributed by atoms with E-state index in [0.717, 1.165) is 14.7 Å². The van der Waals surface area contributed by atoms with Crippen molar-refractivity contribution in [2.24, 2.45) is 0 Å². The van der Waals surface area contributed by atoms with Crippen LogP contribution in [-0.2, 0) is 9.84 Å². The Balaban J connectivity index is 2.52. The first kappa shape index (κ1) is 14.3. The molecular formula is C14H13IO3S. The van der Waals surface area contributed by atoms with Gasteiger partial charge in [0.25, 0.3) is 0 Å². The smallest absolute Gasteiger partial charge is 0.178 e. The minimum atomic E-state index is -3.20. The molecule has 0 aromatic heterocycles. The van der Waals surface area contributed by atoms with Gasteiger partial charge in [0, 0.05) is 0 Å². The SMILES string of the molecule is CCS(=O)(=O)c1cccc(-c2ccc(O)c(I)c2)c1. The largest absolute Gasteiger partial charge is 0.507 e. The van der Waals surface area contributed by atoms with E-state index in [0.29, 0.717) is 4.90 Å². The molecule has 0 heterocycles. The molecule has 2 aromatic rings. The van der Waals surface area contributed by atoms with E-state index in [1.165, 1.54) is 0 Å². The molecule has 0 aliphatic rings. The van der Waals surface area contributed by atoms with Gasteiger partial charge in [-0.25, -0.2) is 8.42 Å². The fourth-order valence-corrected chi connectivity index (χ4v) is 3.16. The molecule has 0 radical (unpaired) electrons. The number of halogens is 1. The molecule has 2 aromatic carbocycles. The Morgan fingerprint density at radius 3 is 2.42 bits per heavy atom. The van der Waals surface area contributed by atoms with Crippen LogP contribution in [-0.4, -0.2) is 19.3 Å². The molecule has 0 spiro atoms. The molecule has 1 N–H and O–H groups in total. The van der Waals surface area contributed by atoms with Crippen LogP contribution in [0.25, 0.3) is 11.1 Å². The molecule has 3 nitrogen and oxygen atoms in total. The molecule has 0 saturated carbocycles. The van der Waals surface area contributed by atoms with Crippen LogP contribution in [0, 0.1) is 3.57 Å². The van der Waals surface area contributed by atoms with E-state index in [9.17, 15) is 13.5 Å². The molecule has 0 aliphatic heterocycles. The first-order valence-electron chi connectivity index (χ1n) is 5.76. The maximum atomic E-state index is 11.9. The zero-order valence-corrected chi connectivity index (χ0v) is 13.3. The maximum absolute atomic E-state index is 11.9. The van der Waals surface area contributed by atoms with Gasteiger partial charge in [0.2, 0.25) is 0 Å². The molecular weight excluding hydrogens is 375 g/mol. The summed E-state index contributed by atoms with van der Waals surface area (Å²) >= 11 is 2.04. The van der Waals surface area contributed by atoms with Gasteiger partial charge in [0.05, 0.1) is 14.2 Å². The van der Waals surface area contributed by atoms with Gasteiger partial charge < -0.3 is 5.11 Å². The van der Waals surface area contributed by atoms with E-state index in [2.05, 4.69) is 0 Å². The summed E-state index contributed by atoms with van der Waals surface area (Å²) in [6.45, 7) is 1.63. The third-order valence-corrected chi connectivity index (χ3v) is 5.45. The predicted octanol–water partition coefficient (Wildman–Crippen LogP) is 3.46. The van der Waals surface area contributed by atoms with Crippen molar-refractivity contribution in [2.45, 2.75) is 11.8 Å². The van der Waals surface area contributed by atoms with E-state index in [1.54, 1.807) is 37.3 Å². The molecule has 0 unspecified atom stereocenters. The topological polar surface area (TPSA) is 54.4 Å². The Morgan fingerprint density at radius 1 is 1.11 bits per heavy atom. The van der Waals surface area contributed by atoms with E-state index < -0.39 is 9.84 Å². The third-order valence-electron chi connectivity index (χ3n) is 2.85. The van der Waals surface area contributed by atoms with Gasteiger partial charge in [-0.15, -0.1) is 0 Å². The third kappa shape index (κ3) is 3.09. The number of benzene rings is 2. The highest BCUT2D eigenvalue weighted by molar-refractivity contribution is 14.1. The first-order valence-corrected chi connectivity index (χ1v) is 8.49. The van der Waals surface area contributed by atoms with Crippen LogP contribution in [0.15, 0.2) is 47.4 Å². The molecule has 100 valence electrons. The summed E-state index contributed by atoms with van der Waals surface area (Å²) in [5, 5.41) is 9.51. The van der Waals surface area contributed by atoms with Crippen LogP contribution in [0.1, 0.15) is 6.92 Å². The highest BCUT2D eigenvalue weighted by Crippen LogP contribution is 2.28. The highest BCUT2D eigenvalue weighted by atomic mass is 127. The normalized spacial score (nSPS) is 11.5. The van der Waals surface area contributed by atoms with Crippen LogP contribution < -0.4 is 0 Å². The summed E-state index contributed by atoms with van der Waals surface area (Å²) in [7, 11) is -3.20. The minimum absolute atomic E-state index is 0.0869. The molecule has 0 aliphatic carbocycles. The number of sulfone groups is 1. The summed E-state index contributed by atoms with van der Waals surface area (Å²) in [6, 6.07) is 12.1. The van der Waals surface area contributed by atoms with Crippen molar-refractivity contribution in [3.8, 4) is 16.9 Å². The van der Waals surface area contributed by atoms with Crippen molar-refractivity contribution >= 4 is 32.4 Å². The predicted molar refractivity (Wildman–Crippen MR) is 84.0 cm³/mol. The second kappa shape index (κ2) is 5.50. The number of hydrogen-bond donors (Lipinski definition) is 1. The van der Waals surface area contributed by atoms with Gasteiger partial charge in [0.1, 0.15) is 5.75 Å². The molecule has 5 heteroatoms. The summed E-state index contributed by atoms with van der Waals surface area (Å²) in [5.41, 5.74) is 1.71. The van der Waals surface area contributed by atoms with Crippen LogP contribution >= 0.6 is 22.6 Å². The number of aromatic hydroxyl groups is 1. The van der Waals surface area contributed by atoms with Gasteiger partial charge in [0.15, 0.2) is 9.84 Å². The van der Waals surface area contributed by atoms with Crippen LogP contribution in [0.2, 0.25) is 0 Å². The average Bonchev–Trinajstić information content (AvgIpc) is 2.42. The lowest BCUT2D eigenvalue weighted by molar-refractivity contribution is 0.471. The van der Waals surface area contributed by atoms with Gasteiger partial charge in [-0.2, -0.15) is 0 Å². The molecule has 0 bridgehead atoms. The van der Waals surface area contributed by atoms with Gasteiger partial charge in [-0.1, -0.05) is 25.1 Å². The zero-order valence-electron chi connectivity index (χ0n) is 10.3. The van der Waals surface area contributed by atoms with E-state index in [1.807, 2.05) is 34.7 Å². The summed E-state index contributed by atoms with van der Waals surface area (Å²) in [4.78, 5) is 0.329. The van der Waals surface area contributed by atoms with E-state index in [4.69, 9.17) is 0 Å². The van der Waals surface area contributed by atoms with Gasteiger partial charge >= 0.3 is 0 Å². The van der Waals surface area contributed by atoms with Crippen molar-refractivity contribution in [1.29, 1.82) is 0 Å². The fraction of sp³-hybridized carbons (Fsp3) is 0.143. The number of phenolic OH excluding ortho intramolecular Hbond substituents is 1. The van der Waals surface area contributed by atoms with Gasteiger partial charge in [-0.05, 0) is 58.0 Å². The first-order chi connectivity index (χ1) is 8.94. The second-order valence-electron chi connectivity index (χ2n) is 4.10. The van der Waals surface area contributed by atoms with Crippen molar-refractivity contribution in [1.82, 2.24) is 0 Å². The summed E-state index contributed by atoms with van der Waals surface area (Å²) in [5.74, 6) is 0.311. The number of rotatable bonds is 3. The fourth-order valence-electron chi connectivity index (χ4n) is 1.72. The van der Waals surface area contributed by atoms with E-state index in [-0.39, 0.29) is 11.5 Å². The van der Waals surface area contributed by atoms with Crippen LogP contribution in [0.3, 0.4) is 0 Å².